The van der Waals surface area contributed by atoms with Gasteiger partial charge in [-0.05, 0) is 19.4 Å². The molecule has 0 saturated heterocycles. The third-order valence-electron chi connectivity index (χ3n) is 2.83. The van der Waals surface area contributed by atoms with E-state index in [-0.39, 0.29) is 5.78 Å². The van der Waals surface area contributed by atoms with E-state index in [1.807, 2.05) is 42.9 Å². The number of aromatic nitrogens is 2. The molecule has 82 valence electrons. The Morgan fingerprint density at radius 1 is 1.25 bits per heavy atom. The molecule has 0 atom stereocenters. The van der Waals surface area contributed by atoms with Crippen molar-refractivity contribution in [3.8, 4) is 11.1 Å². The van der Waals surface area contributed by atoms with Gasteiger partial charge in [0.15, 0.2) is 5.78 Å². The highest BCUT2D eigenvalue weighted by atomic mass is 16.1. The molecule has 3 nitrogen and oxygen atoms in total. The number of Topliss-reactive ketones (excluding diaryl/α,β-unsaturated/α-hetero) is 1. The summed E-state index contributed by atoms with van der Waals surface area (Å²) >= 11 is 0. The van der Waals surface area contributed by atoms with E-state index in [1.165, 1.54) is 0 Å². The highest BCUT2D eigenvalue weighted by Crippen LogP contribution is 2.26. The SMILES string of the molecule is CC(=O)c1ccccc1-c1cnn(C)c1C. The second-order valence-corrected chi connectivity index (χ2v) is 3.87. The second kappa shape index (κ2) is 3.93. The highest BCUT2D eigenvalue weighted by Gasteiger charge is 2.12. The van der Waals surface area contributed by atoms with Crippen LogP contribution in [0.3, 0.4) is 0 Å². The lowest BCUT2D eigenvalue weighted by Crippen LogP contribution is -1.97. The van der Waals surface area contributed by atoms with Crippen LogP contribution in [0.15, 0.2) is 30.5 Å². The third kappa shape index (κ3) is 1.65. The molecule has 0 spiro atoms. The van der Waals surface area contributed by atoms with Crippen LogP contribution in [0.4, 0.5) is 0 Å². The number of carbonyl (C=O) groups excluding carboxylic acids is 1. The van der Waals surface area contributed by atoms with Crippen LogP contribution < -0.4 is 0 Å². The number of hydrogen-bond acceptors (Lipinski definition) is 2. The minimum atomic E-state index is 0.0823. The molecule has 0 saturated carbocycles. The number of ketones is 1. The summed E-state index contributed by atoms with van der Waals surface area (Å²) in [6.45, 7) is 3.59. The molecule has 1 aromatic heterocycles. The minimum Gasteiger partial charge on any atom is -0.294 e. The van der Waals surface area contributed by atoms with E-state index in [2.05, 4.69) is 5.10 Å². The van der Waals surface area contributed by atoms with Gasteiger partial charge in [0.2, 0.25) is 0 Å². The second-order valence-electron chi connectivity index (χ2n) is 3.87. The average molecular weight is 214 g/mol. The number of rotatable bonds is 2. The molecule has 1 heterocycles. The van der Waals surface area contributed by atoms with Crippen molar-refractivity contribution in [3.63, 3.8) is 0 Å². The largest absolute Gasteiger partial charge is 0.294 e. The highest BCUT2D eigenvalue weighted by molar-refractivity contribution is 6.00. The number of nitrogens with zero attached hydrogens (tertiary/aromatic N) is 2. The molecule has 3 heteroatoms. The van der Waals surface area contributed by atoms with Crippen LogP contribution in [0, 0.1) is 6.92 Å². The van der Waals surface area contributed by atoms with Crippen molar-refractivity contribution in [2.24, 2.45) is 7.05 Å². The average Bonchev–Trinajstić information content (AvgIpc) is 2.60. The van der Waals surface area contributed by atoms with Crippen molar-refractivity contribution < 1.29 is 4.79 Å². The molecule has 2 aromatic rings. The van der Waals surface area contributed by atoms with Gasteiger partial charge in [0.05, 0.1) is 6.20 Å². The van der Waals surface area contributed by atoms with Gasteiger partial charge in [-0.2, -0.15) is 5.10 Å². The Kier molecular flexibility index (Phi) is 2.60. The first kappa shape index (κ1) is 10.6. The van der Waals surface area contributed by atoms with E-state index >= 15 is 0 Å². The Labute approximate surface area is 94.7 Å². The zero-order valence-electron chi connectivity index (χ0n) is 9.69. The standard InChI is InChI=1S/C13H14N2O/c1-9-13(8-14-15(9)3)12-7-5-4-6-11(12)10(2)16/h4-8H,1-3H3. The summed E-state index contributed by atoms with van der Waals surface area (Å²) in [5.74, 6) is 0.0823. The number of carbonyl (C=O) groups is 1. The molecule has 0 radical (unpaired) electrons. The Balaban J connectivity index is 2.64. The topological polar surface area (TPSA) is 34.9 Å². The maximum atomic E-state index is 11.5. The maximum Gasteiger partial charge on any atom is 0.160 e. The summed E-state index contributed by atoms with van der Waals surface area (Å²) in [6, 6.07) is 7.63. The van der Waals surface area contributed by atoms with Crippen LogP contribution >= 0.6 is 0 Å². The molecular formula is C13H14N2O. The van der Waals surface area contributed by atoms with Gasteiger partial charge in [-0.3, -0.25) is 9.48 Å². The van der Waals surface area contributed by atoms with Crippen molar-refractivity contribution in [3.05, 3.63) is 41.7 Å². The maximum absolute atomic E-state index is 11.5. The molecule has 0 amide bonds. The fourth-order valence-corrected chi connectivity index (χ4v) is 1.79. The summed E-state index contributed by atoms with van der Waals surface area (Å²) in [4.78, 5) is 11.5. The van der Waals surface area contributed by atoms with Crippen LogP contribution in [0.25, 0.3) is 11.1 Å². The molecule has 0 bridgehead atoms. The van der Waals surface area contributed by atoms with Gasteiger partial charge in [0.25, 0.3) is 0 Å². The molecule has 16 heavy (non-hydrogen) atoms. The van der Waals surface area contributed by atoms with Crippen molar-refractivity contribution in [2.75, 3.05) is 0 Å². The summed E-state index contributed by atoms with van der Waals surface area (Å²) in [5, 5.41) is 4.20. The van der Waals surface area contributed by atoms with Crippen LogP contribution in [-0.2, 0) is 7.05 Å². The Bertz CT molecular complexity index is 541. The van der Waals surface area contributed by atoms with Gasteiger partial charge in [-0.25, -0.2) is 0 Å². The lowest BCUT2D eigenvalue weighted by molar-refractivity contribution is 0.101. The molecule has 0 fully saturated rings. The van der Waals surface area contributed by atoms with E-state index in [0.29, 0.717) is 0 Å². The van der Waals surface area contributed by atoms with E-state index in [1.54, 1.807) is 13.1 Å². The lowest BCUT2D eigenvalue weighted by atomic mass is 9.98. The predicted molar refractivity (Wildman–Crippen MR) is 63.4 cm³/mol. The molecule has 0 unspecified atom stereocenters. The van der Waals surface area contributed by atoms with Gasteiger partial charge in [-0.1, -0.05) is 24.3 Å². The molecule has 0 aliphatic rings. The molecule has 0 aliphatic carbocycles. The van der Waals surface area contributed by atoms with Gasteiger partial charge in [-0.15, -0.1) is 0 Å². The van der Waals surface area contributed by atoms with Crippen molar-refractivity contribution >= 4 is 5.78 Å². The Morgan fingerprint density at radius 3 is 2.50 bits per heavy atom. The fraction of sp³-hybridized carbons (Fsp3) is 0.231. The molecule has 0 aliphatic heterocycles. The zero-order valence-corrected chi connectivity index (χ0v) is 9.69. The number of hydrogen-bond donors (Lipinski definition) is 0. The fourth-order valence-electron chi connectivity index (χ4n) is 1.79. The molecule has 0 N–H and O–H groups in total. The smallest absolute Gasteiger partial charge is 0.160 e. The van der Waals surface area contributed by atoms with E-state index in [0.717, 1.165) is 22.4 Å². The summed E-state index contributed by atoms with van der Waals surface area (Å²) in [7, 11) is 1.90. The van der Waals surface area contributed by atoms with E-state index < -0.39 is 0 Å². The monoisotopic (exact) mass is 214 g/mol. The first-order valence-electron chi connectivity index (χ1n) is 5.20. The summed E-state index contributed by atoms with van der Waals surface area (Å²) in [5.41, 5.74) is 3.79. The van der Waals surface area contributed by atoms with Crippen LogP contribution in [0.5, 0.6) is 0 Å². The van der Waals surface area contributed by atoms with Crippen molar-refractivity contribution in [1.29, 1.82) is 0 Å². The van der Waals surface area contributed by atoms with E-state index in [4.69, 9.17) is 0 Å². The number of benzene rings is 1. The third-order valence-corrected chi connectivity index (χ3v) is 2.83. The van der Waals surface area contributed by atoms with Crippen LogP contribution in [-0.4, -0.2) is 15.6 Å². The minimum absolute atomic E-state index is 0.0823. The van der Waals surface area contributed by atoms with Gasteiger partial charge >= 0.3 is 0 Å². The Morgan fingerprint density at radius 2 is 1.94 bits per heavy atom. The predicted octanol–water partition coefficient (Wildman–Crippen LogP) is 2.60. The van der Waals surface area contributed by atoms with Crippen molar-refractivity contribution in [1.82, 2.24) is 9.78 Å². The lowest BCUT2D eigenvalue weighted by Gasteiger charge is -2.05. The van der Waals surface area contributed by atoms with Crippen LogP contribution in [0.1, 0.15) is 23.0 Å². The van der Waals surface area contributed by atoms with E-state index in [9.17, 15) is 4.79 Å². The first-order chi connectivity index (χ1) is 7.61. The van der Waals surface area contributed by atoms with Gasteiger partial charge in [0, 0.05) is 23.9 Å². The molecular weight excluding hydrogens is 200 g/mol. The van der Waals surface area contributed by atoms with Crippen LogP contribution in [0.2, 0.25) is 0 Å². The zero-order chi connectivity index (χ0) is 11.7. The first-order valence-corrected chi connectivity index (χ1v) is 5.20. The van der Waals surface area contributed by atoms with Crippen molar-refractivity contribution in [2.45, 2.75) is 13.8 Å². The Hall–Kier alpha value is -1.90. The molecule has 2 rings (SSSR count). The number of aryl methyl sites for hydroxylation is 1. The van der Waals surface area contributed by atoms with Gasteiger partial charge in [0.1, 0.15) is 0 Å². The quantitative estimate of drug-likeness (QED) is 0.720. The summed E-state index contributed by atoms with van der Waals surface area (Å²) in [6.07, 6.45) is 1.80. The normalized spacial score (nSPS) is 10.4. The molecule has 1 aromatic carbocycles. The summed E-state index contributed by atoms with van der Waals surface area (Å²) < 4.78 is 1.81. The van der Waals surface area contributed by atoms with Gasteiger partial charge < -0.3 is 0 Å².